The third-order valence-corrected chi connectivity index (χ3v) is 4.78. The van der Waals surface area contributed by atoms with E-state index >= 15 is 0 Å². The van der Waals surface area contributed by atoms with E-state index in [9.17, 15) is 4.79 Å². The summed E-state index contributed by atoms with van der Waals surface area (Å²) < 4.78 is 1.69. The smallest absolute Gasteiger partial charge is 0.305 e. The fourth-order valence-corrected chi connectivity index (χ4v) is 3.89. The molecule has 1 aromatic heterocycles. The molecule has 1 heterocycles. The van der Waals surface area contributed by atoms with E-state index in [1.807, 2.05) is 6.92 Å². The first-order valence-electron chi connectivity index (χ1n) is 7.12. The van der Waals surface area contributed by atoms with E-state index in [1.54, 1.807) is 4.68 Å². The third-order valence-electron chi connectivity index (χ3n) is 4.78. The number of carboxylic acid groups (broad SMARTS) is 1. The lowest BCUT2D eigenvalue weighted by Gasteiger charge is -2.21. The Labute approximate surface area is 112 Å². The molecular formula is C13H20N4O2. The molecule has 4 unspecified atom stereocenters. The van der Waals surface area contributed by atoms with Gasteiger partial charge in [0, 0.05) is 6.42 Å². The highest BCUT2D eigenvalue weighted by atomic mass is 16.4. The van der Waals surface area contributed by atoms with Gasteiger partial charge in [0.15, 0.2) is 5.82 Å². The average Bonchev–Trinajstić information content (AvgIpc) is 3.02. The van der Waals surface area contributed by atoms with Gasteiger partial charge in [-0.05, 0) is 54.4 Å². The van der Waals surface area contributed by atoms with Crippen LogP contribution in [-0.2, 0) is 11.2 Å². The van der Waals surface area contributed by atoms with Gasteiger partial charge in [-0.25, -0.2) is 4.68 Å². The molecule has 0 radical (unpaired) electrons. The van der Waals surface area contributed by atoms with Gasteiger partial charge >= 0.3 is 5.97 Å². The molecule has 0 aliphatic heterocycles. The molecule has 0 amide bonds. The molecule has 0 aromatic carbocycles. The summed E-state index contributed by atoms with van der Waals surface area (Å²) >= 11 is 0. The van der Waals surface area contributed by atoms with Crippen LogP contribution in [0.1, 0.15) is 50.9 Å². The predicted octanol–water partition coefficient (Wildman–Crippen LogP) is 1.69. The molecular weight excluding hydrogens is 244 g/mol. The minimum absolute atomic E-state index is 0.0642. The van der Waals surface area contributed by atoms with Gasteiger partial charge in [-0.1, -0.05) is 6.42 Å². The van der Waals surface area contributed by atoms with Crippen LogP contribution in [0.5, 0.6) is 0 Å². The van der Waals surface area contributed by atoms with Gasteiger partial charge in [0.05, 0.1) is 12.5 Å². The zero-order valence-electron chi connectivity index (χ0n) is 11.2. The predicted molar refractivity (Wildman–Crippen MR) is 67.4 cm³/mol. The maximum absolute atomic E-state index is 10.8. The van der Waals surface area contributed by atoms with Crippen molar-refractivity contribution in [2.75, 3.05) is 0 Å². The minimum Gasteiger partial charge on any atom is -0.481 e. The molecule has 0 spiro atoms. The van der Waals surface area contributed by atoms with Crippen LogP contribution >= 0.6 is 0 Å². The van der Waals surface area contributed by atoms with Crippen LogP contribution < -0.4 is 0 Å². The van der Waals surface area contributed by atoms with Crippen LogP contribution in [0.4, 0.5) is 0 Å². The largest absolute Gasteiger partial charge is 0.481 e. The van der Waals surface area contributed by atoms with E-state index in [1.165, 1.54) is 25.7 Å². The molecule has 2 aliphatic rings. The van der Waals surface area contributed by atoms with Crippen LogP contribution in [0.25, 0.3) is 0 Å². The Morgan fingerprint density at radius 3 is 2.95 bits per heavy atom. The van der Waals surface area contributed by atoms with Crippen molar-refractivity contribution in [2.24, 2.45) is 17.8 Å². The third kappa shape index (κ3) is 2.48. The van der Waals surface area contributed by atoms with Crippen LogP contribution in [0.2, 0.25) is 0 Å². The quantitative estimate of drug-likeness (QED) is 0.875. The Kier molecular flexibility index (Phi) is 3.24. The Morgan fingerprint density at radius 1 is 1.47 bits per heavy atom. The summed E-state index contributed by atoms with van der Waals surface area (Å²) in [5.41, 5.74) is 0. The highest BCUT2D eigenvalue weighted by molar-refractivity contribution is 5.67. The maximum Gasteiger partial charge on any atom is 0.305 e. The summed E-state index contributed by atoms with van der Waals surface area (Å²) in [5.74, 6) is 2.49. The van der Waals surface area contributed by atoms with Gasteiger partial charge in [0.25, 0.3) is 0 Å². The normalized spacial score (nSPS) is 30.7. The second-order valence-electron chi connectivity index (χ2n) is 6.13. The number of carboxylic acids is 1. The number of carbonyl (C=O) groups is 1. The SMILES string of the molecule is CC(CC(=O)O)n1nnnc1CC1CC2CCC1C2. The molecule has 19 heavy (non-hydrogen) atoms. The number of aliphatic carboxylic acids is 1. The summed E-state index contributed by atoms with van der Waals surface area (Å²) in [6.45, 7) is 1.86. The molecule has 6 nitrogen and oxygen atoms in total. The first-order chi connectivity index (χ1) is 9.13. The number of hydrogen-bond acceptors (Lipinski definition) is 4. The van der Waals surface area contributed by atoms with E-state index in [0.717, 1.165) is 24.1 Å². The first-order valence-corrected chi connectivity index (χ1v) is 7.12. The molecule has 2 saturated carbocycles. The molecule has 2 aliphatic carbocycles. The van der Waals surface area contributed by atoms with Crippen LogP contribution in [0.15, 0.2) is 0 Å². The number of nitrogens with zero attached hydrogens (tertiary/aromatic N) is 4. The standard InChI is InChI=1S/C13H20N4O2/c1-8(4-13(18)19)17-12(14-15-16-17)7-11-6-9-2-3-10(11)5-9/h8-11H,2-7H2,1H3,(H,18,19). The molecule has 104 valence electrons. The van der Waals surface area contributed by atoms with Crippen molar-refractivity contribution in [3.63, 3.8) is 0 Å². The van der Waals surface area contributed by atoms with Crippen molar-refractivity contribution in [1.82, 2.24) is 20.2 Å². The first kappa shape index (κ1) is 12.6. The number of fused-ring (bicyclic) bond motifs is 2. The zero-order valence-corrected chi connectivity index (χ0v) is 11.2. The second kappa shape index (κ2) is 4.90. The lowest BCUT2D eigenvalue weighted by atomic mass is 9.86. The summed E-state index contributed by atoms with van der Waals surface area (Å²) in [6, 6.07) is -0.180. The average molecular weight is 264 g/mol. The Balaban J connectivity index is 1.68. The number of tetrazole rings is 1. The number of hydrogen-bond donors (Lipinski definition) is 1. The summed E-state index contributed by atoms with van der Waals surface area (Å²) in [6.07, 6.45) is 6.37. The minimum atomic E-state index is -0.811. The van der Waals surface area contributed by atoms with Crippen molar-refractivity contribution in [3.05, 3.63) is 5.82 Å². The van der Waals surface area contributed by atoms with Gasteiger partial charge in [-0.2, -0.15) is 0 Å². The summed E-state index contributed by atoms with van der Waals surface area (Å²) in [5, 5.41) is 20.7. The maximum atomic E-state index is 10.8. The molecule has 2 fully saturated rings. The van der Waals surface area contributed by atoms with Crippen LogP contribution in [0, 0.1) is 17.8 Å². The van der Waals surface area contributed by atoms with Crippen molar-refractivity contribution in [2.45, 2.75) is 51.5 Å². The van der Waals surface area contributed by atoms with Gasteiger partial charge in [-0.15, -0.1) is 5.10 Å². The van der Waals surface area contributed by atoms with Crippen LogP contribution in [-0.4, -0.2) is 31.3 Å². The fraction of sp³-hybridized carbons (Fsp3) is 0.846. The summed E-state index contributed by atoms with van der Waals surface area (Å²) in [4.78, 5) is 10.8. The van der Waals surface area contributed by atoms with Gasteiger partial charge in [0.2, 0.25) is 0 Å². The Bertz CT molecular complexity index is 473. The summed E-state index contributed by atoms with van der Waals surface area (Å²) in [7, 11) is 0. The fourth-order valence-electron chi connectivity index (χ4n) is 3.89. The highest BCUT2D eigenvalue weighted by Gasteiger charge is 2.40. The Morgan fingerprint density at radius 2 is 2.32 bits per heavy atom. The van der Waals surface area contributed by atoms with E-state index in [2.05, 4.69) is 15.5 Å². The van der Waals surface area contributed by atoms with Crippen molar-refractivity contribution in [1.29, 1.82) is 0 Å². The molecule has 1 N–H and O–H groups in total. The Hall–Kier alpha value is -1.46. The van der Waals surface area contributed by atoms with E-state index in [-0.39, 0.29) is 12.5 Å². The van der Waals surface area contributed by atoms with Crippen LogP contribution in [0.3, 0.4) is 0 Å². The monoisotopic (exact) mass is 264 g/mol. The lowest BCUT2D eigenvalue weighted by molar-refractivity contribution is -0.137. The highest BCUT2D eigenvalue weighted by Crippen LogP contribution is 2.49. The molecule has 3 rings (SSSR count). The van der Waals surface area contributed by atoms with Gasteiger partial charge in [0.1, 0.15) is 0 Å². The molecule has 0 saturated heterocycles. The van der Waals surface area contributed by atoms with Crippen molar-refractivity contribution < 1.29 is 9.90 Å². The van der Waals surface area contributed by atoms with Crippen molar-refractivity contribution >= 4 is 5.97 Å². The zero-order chi connectivity index (χ0) is 13.4. The van der Waals surface area contributed by atoms with E-state index in [4.69, 9.17) is 5.11 Å². The van der Waals surface area contributed by atoms with Crippen molar-refractivity contribution in [3.8, 4) is 0 Å². The van der Waals surface area contributed by atoms with E-state index in [0.29, 0.717) is 5.92 Å². The molecule has 1 aromatic rings. The lowest BCUT2D eigenvalue weighted by Crippen LogP contribution is -2.19. The number of rotatable bonds is 5. The molecule has 6 heteroatoms. The molecule has 4 atom stereocenters. The van der Waals surface area contributed by atoms with E-state index < -0.39 is 5.97 Å². The van der Waals surface area contributed by atoms with Gasteiger partial charge < -0.3 is 5.11 Å². The van der Waals surface area contributed by atoms with Gasteiger partial charge in [-0.3, -0.25) is 4.79 Å². The molecule has 2 bridgehead atoms. The second-order valence-corrected chi connectivity index (χ2v) is 6.13. The number of aromatic nitrogens is 4. The topological polar surface area (TPSA) is 80.9 Å².